The van der Waals surface area contributed by atoms with Crippen molar-refractivity contribution in [3.8, 4) is 0 Å². The molecule has 0 fully saturated rings. The Labute approximate surface area is 213 Å². The molecule has 0 unspecified atom stereocenters. The molecule has 194 valence electrons. The molecule has 0 bridgehead atoms. The van der Waals surface area contributed by atoms with Crippen molar-refractivity contribution in [2.45, 2.75) is 37.6 Å². The Kier molecular flexibility index (Phi) is 9.15. The summed E-state index contributed by atoms with van der Waals surface area (Å²) in [6.45, 7) is 4.04. The van der Waals surface area contributed by atoms with Crippen LogP contribution >= 0.6 is 11.3 Å². The second-order valence-corrected chi connectivity index (χ2v) is 11.9. The van der Waals surface area contributed by atoms with E-state index < -0.39 is 32.6 Å². The van der Waals surface area contributed by atoms with Gasteiger partial charge in [-0.3, -0.25) is 9.59 Å². The number of nitrogens with one attached hydrogen (secondary N) is 2. The van der Waals surface area contributed by atoms with Gasteiger partial charge in [0.15, 0.2) is 0 Å². The number of hydrogen-bond donors (Lipinski definition) is 2. The lowest BCUT2D eigenvalue weighted by Gasteiger charge is -2.21. The van der Waals surface area contributed by atoms with Crippen LogP contribution in [0, 0.1) is 17.6 Å². The molecule has 3 aromatic rings. The molecule has 1 heterocycles. The zero-order valence-electron chi connectivity index (χ0n) is 20.3. The van der Waals surface area contributed by atoms with Crippen LogP contribution in [0.25, 0.3) is 10.1 Å². The monoisotopic (exact) mass is 537 g/mol. The summed E-state index contributed by atoms with van der Waals surface area (Å²) in [4.78, 5) is 25.5. The standard InChI is InChI=1S/C25H29F2N3O4S2/c1-16(2)13-20(29-25(32)22-14-17-7-4-5-8-21(17)35-22)24(31)28-11-6-12-30(3)36(33,34)23-10-9-18(26)15-19(23)27/h4-5,7-10,14-16,20H,6,11-13H2,1-3H3,(H,28,31)(H,29,32)/t20-/m0/s1. The van der Waals surface area contributed by atoms with Gasteiger partial charge in [-0.15, -0.1) is 11.3 Å². The Balaban J connectivity index is 1.56. The van der Waals surface area contributed by atoms with Crippen LogP contribution in [0.15, 0.2) is 53.4 Å². The van der Waals surface area contributed by atoms with E-state index in [1.807, 2.05) is 38.1 Å². The molecule has 11 heteroatoms. The SMILES string of the molecule is CC(C)C[C@H](NC(=O)c1cc2ccccc2s1)C(=O)NCCCN(C)S(=O)(=O)c1ccc(F)cc1F. The highest BCUT2D eigenvalue weighted by molar-refractivity contribution is 7.89. The summed E-state index contributed by atoms with van der Waals surface area (Å²) in [5.41, 5.74) is 0. The third-order valence-corrected chi connectivity index (χ3v) is 8.51. The van der Waals surface area contributed by atoms with Gasteiger partial charge < -0.3 is 10.6 Å². The van der Waals surface area contributed by atoms with Crippen molar-refractivity contribution < 1.29 is 26.8 Å². The molecule has 7 nitrogen and oxygen atoms in total. The van der Waals surface area contributed by atoms with Gasteiger partial charge in [0.1, 0.15) is 22.6 Å². The van der Waals surface area contributed by atoms with Crippen molar-refractivity contribution in [1.29, 1.82) is 0 Å². The van der Waals surface area contributed by atoms with Gasteiger partial charge in [0, 0.05) is 30.9 Å². The fourth-order valence-electron chi connectivity index (χ4n) is 3.64. The molecular weight excluding hydrogens is 508 g/mol. The van der Waals surface area contributed by atoms with Crippen LogP contribution in [0.5, 0.6) is 0 Å². The van der Waals surface area contributed by atoms with Gasteiger partial charge >= 0.3 is 0 Å². The summed E-state index contributed by atoms with van der Waals surface area (Å²) >= 11 is 1.35. The van der Waals surface area contributed by atoms with E-state index in [4.69, 9.17) is 0 Å². The molecule has 36 heavy (non-hydrogen) atoms. The molecule has 0 saturated carbocycles. The van der Waals surface area contributed by atoms with Crippen molar-refractivity contribution in [1.82, 2.24) is 14.9 Å². The summed E-state index contributed by atoms with van der Waals surface area (Å²) in [6.07, 6.45) is 0.684. The van der Waals surface area contributed by atoms with Gasteiger partial charge in [0.05, 0.1) is 4.88 Å². The maximum Gasteiger partial charge on any atom is 0.262 e. The van der Waals surface area contributed by atoms with Crippen molar-refractivity contribution in [2.75, 3.05) is 20.1 Å². The minimum Gasteiger partial charge on any atom is -0.354 e. The number of nitrogens with zero attached hydrogens (tertiary/aromatic N) is 1. The van der Waals surface area contributed by atoms with E-state index in [0.717, 1.165) is 26.5 Å². The van der Waals surface area contributed by atoms with Gasteiger partial charge in [0.2, 0.25) is 15.9 Å². The first kappa shape index (κ1) is 27.7. The van der Waals surface area contributed by atoms with Crippen LogP contribution in [0.1, 0.15) is 36.4 Å². The molecule has 0 radical (unpaired) electrons. The van der Waals surface area contributed by atoms with E-state index in [1.165, 1.54) is 18.4 Å². The average molecular weight is 538 g/mol. The molecule has 0 aliphatic heterocycles. The van der Waals surface area contributed by atoms with Gasteiger partial charge in [-0.1, -0.05) is 32.0 Å². The summed E-state index contributed by atoms with van der Waals surface area (Å²) < 4.78 is 54.1. The Morgan fingerprint density at radius 3 is 2.47 bits per heavy atom. The maximum atomic E-state index is 13.9. The molecule has 0 aliphatic rings. The largest absolute Gasteiger partial charge is 0.354 e. The number of sulfonamides is 1. The smallest absolute Gasteiger partial charge is 0.262 e. The normalized spacial score (nSPS) is 12.8. The van der Waals surface area contributed by atoms with Gasteiger partial charge in [-0.05, 0) is 48.4 Å². The van der Waals surface area contributed by atoms with E-state index >= 15 is 0 Å². The lowest BCUT2D eigenvalue weighted by atomic mass is 10.0. The third kappa shape index (κ3) is 6.86. The van der Waals surface area contributed by atoms with Crippen molar-refractivity contribution >= 4 is 43.3 Å². The highest BCUT2D eigenvalue weighted by Gasteiger charge is 2.26. The summed E-state index contributed by atoms with van der Waals surface area (Å²) in [6, 6.07) is 11.0. The van der Waals surface area contributed by atoms with Gasteiger partial charge in [-0.2, -0.15) is 0 Å². The number of thiophene rings is 1. The molecule has 0 saturated heterocycles. The van der Waals surface area contributed by atoms with Crippen LogP contribution in [-0.4, -0.2) is 50.7 Å². The molecule has 2 amide bonds. The van der Waals surface area contributed by atoms with E-state index in [2.05, 4.69) is 10.6 Å². The molecule has 3 rings (SSSR count). The number of halogens is 2. The van der Waals surface area contributed by atoms with E-state index in [1.54, 1.807) is 6.07 Å². The number of amides is 2. The molecule has 1 aromatic heterocycles. The first-order valence-electron chi connectivity index (χ1n) is 11.5. The lowest BCUT2D eigenvalue weighted by Crippen LogP contribution is -2.47. The van der Waals surface area contributed by atoms with E-state index in [-0.39, 0.29) is 37.2 Å². The predicted molar refractivity (Wildman–Crippen MR) is 136 cm³/mol. The average Bonchev–Trinajstić information content (AvgIpc) is 3.25. The van der Waals surface area contributed by atoms with Gasteiger partial charge in [0.25, 0.3) is 5.91 Å². The van der Waals surface area contributed by atoms with Crippen molar-refractivity contribution in [2.24, 2.45) is 5.92 Å². The number of carbonyl (C=O) groups excluding carboxylic acids is 2. The summed E-state index contributed by atoms with van der Waals surface area (Å²) in [7, 11) is -2.87. The predicted octanol–water partition coefficient (Wildman–Crippen LogP) is 4.15. The van der Waals surface area contributed by atoms with E-state index in [9.17, 15) is 26.8 Å². The zero-order valence-corrected chi connectivity index (χ0v) is 21.9. The van der Waals surface area contributed by atoms with Crippen LogP contribution in [0.4, 0.5) is 8.78 Å². The molecule has 1 atom stereocenters. The fraction of sp³-hybridized carbons (Fsp3) is 0.360. The lowest BCUT2D eigenvalue weighted by molar-refractivity contribution is -0.123. The Morgan fingerprint density at radius 1 is 1.08 bits per heavy atom. The zero-order chi connectivity index (χ0) is 26.5. The number of hydrogen-bond acceptors (Lipinski definition) is 5. The fourth-order valence-corrected chi connectivity index (χ4v) is 5.85. The minimum absolute atomic E-state index is 0.00240. The molecular formula is C25H29F2N3O4S2. The van der Waals surface area contributed by atoms with Crippen molar-refractivity contribution in [3.63, 3.8) is 0 Å². The Hall–Kier alpha value is -2.89. The van der Waals surface area contributed by atoms with Crippen LogP contribution in [0.2, 0.25) is 0 Å². The molecule has 0 spiro atoms. The number of benzene rings is 2. The molecule has 2 N–H and O–H groups in total. The summed E-state index contributed by atoms with van der Waals surface area (Å²) in [5.74, 6) is -2.59. The maximum absolute atomic E-state index is 13.9. The summed E-state index contributed by atoms with van der Waals surface area (Å²) in [5, 5.41) is 6.51. The number of fused-ring (bicyclic) bond motifs is 1. The number of rotatable bonds is 11. The van der Waals surface area contributed by atoms with Crippen LogP contribution < -0.4 is 10.6 Å². The Bertz CT molecular complexity index is 1310. The third-order valence-electron chi connectivity index (χ3n) is 5.51. The van der Waals surface area contributed by atoms with Crippen LogP contribution in [0.3, 0.4) is 0 Å². The second kappa shape index (κ2) is 11.9. The number of carbonyl (C=O) groups is 2. The molecule has 2 aromatic carbocycles. The van der Waals surface area contributed by atoms with Crippen molar-refractivity contribution in [3.05, 3.63) is 65.0 Å². The molecule has 0 aliphatic carbocycles. The van der Waals surface area contributed by atoms with Gasteiger partial charge in [-0.25, -0.2) is 21.5 Å². The first-order chi connectivity index (χ1) is 17.0. The second-order valence-electron chi connectivity index (χ2n) is 8.85. The first-order valence-corrected chi connectivity index (χ1v) is 13.7. The topological polar surface area (TPSA) is 95.6 Å². The minimum atomic E-state index is -4.15. The van der Waals surface area contributed by atoms with Crippen LogP contribution in [-0.2, 0) is 14.8 Å². The Morgan fingerprint density at radius 2 is 1.81 bits per heavy atom. The highest BCUT2D eigenvalue weighted by Crippen LogP contribution is 2.25. The van der Waals surface area contributed by atoms with E-state index in [0.29, 0.717) is 17.4 Å². The quantitative estimate of drug-likeness (QED) is 0.359. The highest BCUT2D eigenvalue weighted by atomic mass is 32.2.